The Labute approximate surface area is 152 Å². The molecule has 1 N–H and O–H groups in total. The van der Waals surface area contributed by atoms with Gasteiger partial charge in [-0.2, -0.15) is 4.72 Å². The number of sulfonamides is 1. The Kier molecular flexibility index (Phi) is 4.95. The van der Waals surface area contributed by atoms with Crippen LogP contribution in [-0.4, -0.2) is 34.0 Å². The highest BCUT2D eigenvalue weighted by molar-refractivity contribution is 9.11. The van der Waals surface area contributed by atoms with Gasteiger partial charge in [0.2, 0.25) is 5.91 Å². The number of hydrogen-bond donors (Lipinski definition) is 1. The fourth-order valence-electron chi connectivity index (χ4n) is 2.50. The first kappa shape index (κ1) is 17.4. The van der Waals surface area contributed by atoms with E-state index in [0.29, 0.717) is 18.7 Å². The maximum atomic E-state index is 12.5. The molecule has 0 unspecified atom stereocenters. The lowest BCUT2D eigenvalue weighted by atomic mass is 10.2. The molecule has 0 radical (unpaired) electrons. The summed E-state index contributed by atoms with van der Waals surface area (Å²) in [4.78, 5) is 14.1. The van der Waals surface area contributed by atoms with E-state index in [1.165, 1.54) is 6.07 Å². The van der Waals surface area contributed by atoms with Crippen LogP contribution in [0.3, 0.4) is 0 Å². The average molecular weight is 431 g/mol. The van der Waals surface area contributed by atoms with Gasteiger partial charge in [-0.05, 0) is 58.7 Å². The molecule has 0 saturated carbocycles. The molecule has 1 aliphatic rings. The summed E-state index contributed by atoms with van der Waals surface area (Å²) < 4.78 is 33.2. The van der Waals surface area contributed by atoms with Gasteiger partial charge in [0.05, 0.1) is 10.9 Å². The number of amides is 1. The predicted octanol–water partition coefficient (Wildman–Crippen LogP) is 2.60. The van der Waals surface area contributed by atoms with Crippen molar-refractivity contribution in [3.8, 4) is 5.75 Å². The van der Waals surface area contributed by atoms with Crippen molar-refractivity contribution in [2.75, 3.05) is 18.6 Å². The summed E-state index contributed by atoms with van der Waals surface area (Å²) in [5.41, 5.74) is 0.723. The van der Waals surface area contributed by atoms with E-state index in [4.69, 9.17) is 4.74 Å². The highest BCUT2D eigenvalue weighted by atomic mass is 79.9. The zero-order chi connectivity index (χ0) is 17.3. The molecule has 1 fully saturated rings. The number of halogens is 1. The molecule has 1 atom stereocenters. The van der Waals surface area contributed by atoms with Crippen LogP contribution in [0.1, 0.15) is 6.42 Å². The van der Waals surface area contributed by atoms with Gasteiger partial charge in [0.25, 0.3) is 10.0 Å². The largest absolute Gasteiger partial charge is 0.497 e. The van der Waals surface area contributed by atoms with Gasteiger partial charge in [0.1, 0.15) is 16.0 Å². The minimum Gasteiger partial charge on any atom is -0.497 e. The lowest BCUT2D eigenvalue weighted by Crippen LogP contribution is -2.41. The molecule has 0 spiro atoms. The van der Waals surface area contributed by atoms with Crippen molar-refractivity contribution < 1.29 is 17.9 Å². The Morgan fingerprint density at radius 3 is 2.54 bits per heavy atom. The van der Waals surface area contributed by atoms with E-state index in [1.54, 1.807) is 42.3 Å². The SMILES string of the molecule is COc1ccc(N2CC[C@@H](NS(=O)(=O)c3ccc(Br)s3)C2=O)cc1. The second-order valence-corrected chi connectivity index (χ2v) is 9.61. The fourth-order valence-corrected chi connectivity index (χ4v) is 5.75. The monoisotopic (exact) mass is 430 g/mol. The van der Waals surface area contributed by atoms with Crippen molar-refractivity contribution in [1.29, 1.82) is 0 Å². The summed E-state index contributed by atoms with van der Waals surface area (Å²) in [5.74, 6) is 0.449. The lowest BCUT2D eigenvalue weighted by Gasteiger charge is -2.17. The number of rotatable bonds is 5. The minimum absolute atomic E-state index is 0.185. The third-order valence-electron chi connectivity index (χ3n) is 3.70. The fraction of sp³-hybridized carbons (Fsp3) is 0.267. The van der Waals surface area contributed by atoms with E-state index in [9.17, 15) is 13.2 Å². The molecule has 1 aromatic heterocycles. The molecule has 3 rings (SSSR count). The molecule has 9 heteroatoms. The number of ether oxygens (including phenoxy) is 1. The smallest absolute Gasteiger partial charge is 0.250 e. The van der Waals surface area contributed by atoms with Gasteiger partial charge in [-0.25, -0.2) is 8.42 Å². The predicted molar refractivity (Wildman–Crippen MR) is 96.1 cm³/mol. The van der Waals surface area contributed by atoms with Crippen molar-refractivity contribution in [3.63, 3.8) is 0 Å². The number of carbonyl (C=O) groups excluding carboxylic acids is 1. The zero-order valence-electron chi connectivity index (χ0n) is 12.7. The van der Waals surface area contributed by atoms with Crippen LogP contribution in [0.4, 0.5) is 5.69 Å². The molecule has 1 aromatic carbocycles. The Balaban J connectivity index is 1.74. The number of carbonyl (C=O) groups is 1. The molecule has 24 heavy (non-hydrogen) atoms. The highest BCUT2D eigenvalue weighted by Crippen LogP contribution is 2.28. The topological polar surface area (TPSA) is 75.7 Å². The summed E-state index contributed by atoms with van der Waals surface area (Å²) in [5, 5.41) is 0. The third-order valence-corrected chi connectivity index (χ3v) is 7.29. The van der Waals surface area contributed by atoms with Crippen LogP contribution >= 0.6 is 27.3 Å². The van der Waals surface area contributed by atoms with E-state index in [0.717, 1.165) is 20.8 Å². The molecule has 1 amide bonds. The maximum Gasteiger partial charge on any atom is 0.250 e. The van der Waals surface area contributed by atoms with Gasteiger partial charge in [0.15, 0.2) is 0 Å². The van der Waals surface area contributed by atoms with Crippen molar-refractivity contribution >= 4 is 48.9 Å². The molecular formula is C15H15BrN2O4S2. The Bertz CT molecular complexity index is 849. The maximum absolute atomic E-state index is 12.5. The molecule has 2 aromatic rings. The van der Waals surface area contributed by atoms with Crippen LogP contribution in [0, 0.1) is 0 Å². The molecule has 1 aliphatic heterocycles. The number of nitrogens with one attached hydrogen (secondary N) is 1. The minimum atomic E-state index is -3.70. The number of methoxy groups -OCH3 is 1. The first-order valence-corrected chi connectivity index (χ1v) is 10.2. The average Bonchev–Trinajstić information content (AvgIpc) is 3.15. The molecule has 0 bridgehead atoms. The van der Waals surface area contributed by atoms with Crippen LogP contribution in [0.15, 0.2) is 44.4 Å². The number of anilines is 1. The molecular weight excluding hydrogens is 416 g/mol. The number of thiophene rings is 1. The van der Waals surface area contributed by atoms with Gasteiger partial charge < -0.3 is 9.64 Å². The summed E-state index contributed by atoms with van der Waals surface area (Å²) in [6, 6.07) is 9.52. The number of nitrogens with zero attached hydrogens (tertiary/aromatic N) is 1. The molecule has 128 valence electrons. The summed E-state index contributed by atoms with van der Waals surface area (Å²) in [6.07, 6.45) is 0.427. The van der Waals surface area contributed by atoms with E-state index in [-0.39, 0.29) is 10.1 Å². The second kappa shape index (κ2) is 6.83. The van der Waals surface area contributed by atoms with Crippen LogP contribution in [0.25, 0.3) is 0 Å². The normalized spacial score (nSPS) is 18.2. The van der Waals surface area contributed by atoms with Crippen molar-refractivity contribution in [1.82, 2.24) is 4.72 Å². The first-order chi connectivity index (χ1) is 11.4. The summed E-state index contributed by atoms with van der Waals surface area (Å²) >= 11 is 4.35. The first-order valence-electron chi connectivity index (χ1n) is 7.14. The van der Waals surface area contributed by atoms with Crippen LogP contribution in [-0.2, 0) is 14.8 Å². The molecule has 1 saturated heterocycles. The van der Waals surface area contributed by atoms with Crippen molar-refractivity contribution in [2.45, 2.75) is 16.7 Å². The summed E-state index contributed by atoms with van der Waals surface area (Å²) in [7, 11) is -2.13. The van der Waals surface area contributed by atoms with Gasteiger partial charge in [0, 0.05) is 12.2 Å². The van der Waals surface area contributed by atoms with E-state index < -0.39 is 16.1 Å². The second-order valence-electron chi connectivity index (χ2n) is 5.21. The Morgan fingerprint density at radius 2 is 1.96 bits per heavy atom. The lowest BCUT2D eigenvalue weighted by molar-refractivity contribution is -0.118. The number of hydrogen-bond acceptors (Lipinski definition) is 5. The van der Waals surface area contributed by atoms with Gasteiger partial charge in [-0.15, -0.1) is 11.3 Å². The van der Waals surface area contributed by atoms with Crippen molar-refractivity contribution in [3.05, 3.63) is 40.2 Å². The van der Waals surface area contributed by atoms with Gasteiger partial charge >= 0.3 is 0 Å². The van der Waals surface area contributed by atoms with E-state index in [2.05, 4.69) is 20.7 Å². The molecule has 2 heterocycles. The third kappa shape index (κ3) is 3.49. The standard InChI is InChI=1S/C15H15BrN2O4S2/c1-22-11-4-2-10(3-5-11)18-9-8-12(15(18)19)17-24(20,21)14-7-6-13(16)23-14/h2-7,12,17H,8-9H2,1H3/t12-/m1/s1. The highest BCUT2D eigenvalue weighted by Gasteiger charge is 2.36. The zero-order valence-corrected chi connectivity index (χ0v) is 15.9. The quantitative estimate of drug-likeness (QED) is 0.790. The molecule has 0 aliphatic carbocycles. The van der Waals surface area contributed by atoms with Crippen LogP contribution in [0.2, 0.25) is 0 Å². The number of benzene rings is 1. The van der Waals surface area contributed by atoms with Crippen LogP contribution < -0.4 is 14.4 Å². The van der Waals surface area contributed by atoms with Crippen LogP contribution in [0.5, 0.6) is 5.75 Å². The van der Waals surface area contributed by atoms with Gasteiger partial charge in [-0.1, -0.05) is 0 Å². The van der Waals surface area contributed by atoms with E-state index in [1.807, 2.05) is 0 Å². The van der Waals surface area contributed by atoms with Gasteiger partial charge in [-0.3, -0.25) is 4.79 Å². The Morgan fingerprint density at radius 1 is 1.25 bits per heavy atom. The van der Waals surface area contributed by atoms with Crippen molar-refractivity contribution in [2.24, 2.45) is 0 Å². The molecule has 6 nitrogen and oxygen atoms in total. The summed E-state index contributed by atoms with van der Waals surface area (Å²) in [6.45, 7) is 0.465. The van der Waals surface area contributed by atoms with E-state index >= 15 is 0 Å². The Hall–Kier alpha value is -1.42.